The predicted molar refractivity (Wildman–Crippen MR) is 62.2 cm³/mol. The average Bonchev–Trinajstić information content (AvgIpc) is 2.21. The Morgan fingerprint density at radius 2 is 2.36 bits per heavy atom. The average molecular weight is 196 g/mol. The summed E-state index contributed by atoms with van der Waals surface area (Å²) in [5.41, 5.74) is 6.06. The minimum Gasteiger partial charge on any atom is -0.327 e. The zero-order valence-electron chi connectivity index (χ0n) is 9.41. The molecule has 1 aliphatic rings. The third-order valence-corrected chi connectivity index (χ3v) is 3.28. The number of piperidine rings is 1. The maximum Gasteiger partial charge on any atom is 0.00914 e. The first-order valence-corrected chi connectivity index (χ1v) is 5.86. The Hall–Kier alpha value is -0.340. The second-order valence-electron chi connectivity index (χ2n) is 4.35. The first-order chi connectivity index (χ1) is 6.77. The van der Waals surface area contributed by atoms with Crippen molar-refractivity contribution < 1.29 is 0 Å². The number of nitrogens with two attached hydrogens (primary N) is 1. The molecule has 0 amide bonds. The molecule has 2 heteroatoms. The van der Waals surface area contributed by atoms with Gasteiger partial charge in [-0.25, -0.2) is 0 Å². The van der Waals surface area contributed by atoms with E-state index >= 15 is 0 Å². The van der Waals surface area contributed by atoms with Crippen molar-refractivity contribution in [3.8, 4) is 0 Å². The van der Waals surface area contributed by atoms with Gasteiger partial charge >= 0.3 is 0 Å². The number of hydrogen-bond donors (Lipinski definition) is 1. The molecule has 0 aromatic carbocycles. The summed E-state index contributed by atoms with van der Waals surface area (Å²) in [5.74, 6) is 0.715. The molecule has 0 aliphatic carbocycles. The summed E-state index contributed by atoms with van der Waals surface area (Å²) in [7, 11) is 0. The Kier molecular flexibility index (Phi) is 5.20. The van der Waals surface area contributed by atoms with Crippen molar-refractivity contribution in [1.29, 1.82) is 0 Å². The van der Waals surface area contributed by atoms with Crippen molar-refractivity contribution >= 4 is 0 Å². The van der Waals surface area contributed by atoms with Crippen molar-refractivity contribution in [2.24, 2.45) is 11.7 Å². The minimum atomic E-state index is 0.440. The van der Waals surface area contributed by atoms with Crippen LogP contribution in [0.5, 0.6) is 0 Å². The van der Waals surface area contributed by atoms with E-state index in [9.17, 15) is 0 Å². The highest BCUT2D eigenvalue weighted by atomic mass is 15.1. The second kappa shape index (κ2) is 6.20. The Bertz CT molecular complexity index is 168. The maximum atomic E-state index is 6.06. The van der Waals surface area contributed by atoms with Gasteiger partial charge in [-0.15, -0.1) is 6.58 Å². The van der Waals surface area contributed by atoms with E-state index in [1.165, 1.54) is 38.9 Å². The van der Waals surface area contributed by atoms with Crippen LogP contribution in [-0.2, 0) is 0 Å². The van der Waals surface area contributed by atoms with Gasteiger partial charge in [0.15, 0.2) is 0 Å². The summed E-state index contributed by atoms with van der Waals surface area (Å²) in [6.07, 6.45) is 6.78. The molecule has 0 aromatic heterocycles. The molecule has 2 atom stereocenters. The molecule has 1 fully saturated rings. The lowest BCUT2D eigenvalue weighted by Gasteiger charge is -2.36. The lowest BCUT2D eigenvalue weighted by Crippen LogP contribution is -2.47. The van der Waals surface area contributed by atoms with E-state index in [1.54, 1.807) is 0 Å². The highest BCUT2D eigenvalue weighted by molar-refractivity contribution is 4.82. The van der Waals surface area contributed by atoms with Gasteiger partial charge < -0.3 is 10.6 Å². The highest BCUT2D eigenvalue weighted by Gasteiger charge is 2.24. The van der Waals surface area contributed by atoms with Crippen molar-refractivity contribution in [1.82, 2.24) is 4.90 Å². The molecule has 2 N–H and O–H groups in total. The number of unbranched alkanes of at least 4 members (excludes halogenated alkanes) is 1. The van der Waals surface area contributed by atoms with E-state index in [0.29, 0.717) is 12.0 Å². The fraction of sp³-hybridized carbons (Fsp3) is 0.833. The monoisotopic (exact) mass is 196 g/mol. The standard InChI is InChI=1S/C12H24N2/c1-3-5-6-8-14-9-7-12(13)11(4-2)10-14/h3,11-12H,1,4-10,13H2,2H3. The topological polar surface area (TPSA) is 29.3 Å². The van der Waals surface area contributed by atoms with Gasteiger partial charge in [0.1, 0.15) is 0 Å². The van der Waals surface area contributed by atoms with E-state index < -0.39 is 0 Å². The molecule has 0 bridgehead atoms. The summed E-state index contributed by atoms with van der Waals surface area (Å²) < 4.78 is 0. The molecule has 1 saturated heterocycles. The number of allylic oxidation sites excluding steroid dienone is 1. The van der Waals surface area contributed by atoms with Crippen LogP contribution in [0.15, 0.2) is 12.7 Å². The molecular formula is C12H24N2. The predicted octanol–water partition coefficient (Wildman–Crippen LogP) is 2.01. The van der Waals surface area contributed by atoms with Gasteiger partial charge in [0.25, 0.3) is 0 Å². The smallest absolute Gasteiger partial charge is 0.00914 e. The normalized spacial score (nSPS) is 29.0. The fourth-order valence-electron chi connectivity index (χ4n) is 2.22. The van der Waals surface area contributed by atoms with E-state index in [4.69, 9.17) is 5.73 Å². The third-order valence-electron chi connectivity index (χ3n) is 3.28. The summed E-state index contributed by atoms with van der Waals surface area (Å²) in [4.78, 5) is 2.56. The summed E-state index contributed by atoms with van der Waals surface area (Å²) in [6, 6.07) is 0.440. The fourth-order valence-corrected chi connectivity index (χ4v) is 2.22. The lowest BCUT2D eigenvalue weighted by molar-refractivity contribution is 0.151. The zero-order valence-corrected chi connectivity index (χ0v) is 9.41. The third kappa shape index (κ3) is 3.43. The van der Waals surface area contributed by atoms with Crippen LogP contribution in [0.4, 0.5) is 0 Å². The van der Waals surface area contributed by atoms with Gasteiger partial charge in [0, 0.05) is 12.6 Å². The minimum absolute atomic E-state index is 0.440. The quantitative estimate of drug-likeness (QED) is 0.538. The van der Waals surface area contributed by atoms with Gasteiger partial charge in [-0.3, -0.25) is 0 Å². The first kappa shape index (κ1) is 11.7. The molecule has 82 valence electrons. The molecule has 0 radical (unpaired) electrons. The SMILES string of the molecule is C=CCCCN1CCC(N)C(CC)C1. The van der Waals surface area contributed by atoms with Gasteiger partial charge in [0.05, 0.1) is 0 Å². The molecular weight excluding hydrogens is 172 g/mol. The molecule has 2 nitrogen and oxygen atoms in total. The van der Waals surface area contributed by atoms with Crippen LogP contribution in [0, 0.1) is 5.92 Å². The number of nitrogens with zero attached hydrogens (tertiary/aromatic N) is 1. The maximum absolute atomic E-state index is 6.06. The molecule has 2 unspecified atom stereocenters. The molecule has 0 saturated carbocycles. The Labute approximate surface area is 88.2 Å². The van der Waals surface area contributed by atoms with Gasteiger partial charge in [0.2, 0.25) is 0 Å². The number of likely N-dealkylation sites (tertiary alicyclic amines) is 1. The molecule has 0 aromatic rings. The molecule has 0 spiro atoms. The van der Waals surface area contributed by atoms with Crippen LogP contribution in [0.1, 0.15) is 32.6 Å². The highest BCUT2D eigenvalue weighted by Crippen LogP contribution is 2.18. The first-order valence-electron chi connectivity index (χ1n) is 5.86. The van der Waals surface area contributed by atoms with Crippen molar-refractivity contribution in [3.05, 3.63) is 12.7 Å². The van der Waals surface area contributed by atoms with Crippen molar-refractivity contribution in [2.75, 3.05) is 19.6 Å². The molecule has 1 heterocycles. The lowest BCUT2D eigenvalue weighted by atomic mass is 9.90. The van der Waals surface area contributed by atoms with Crippen LogP contribution in [0.25, 0.3) is 0 Å². The number of rotatable bonds is 5. The van der Waals surface area contributed by atoms with Gasteiger partial charge in [-0.1, -0.05) is 19.4 Å². The Balaban J connectivity index is 2.24. The largest absolute Gasteiger partial charge is 0.327 e. The zero-order chi connectivity index (χ0) is 10.4. The Morgan fingerprint density at radius 3 is 3.00 bits per heavy atom. The van der Waals surface area contributed by atoms with Crippen LogP contribution in [0.2, 0.25) is 0 Å². The van der Waals surface area contributed by atoms with Crippen LogP contribution < -0.4 is 5.73 Å². The van der Waals surface area contributed by atoms with Crippen molar-refractivity contribution in [3.63, 3.8) is 0 Å². The second-order valence-corrected chi connectivity index (χ2v) is 4.35. The summed E-state index contributed by atoms with van der Waals surface area (Å²) in [5, 5.41) is 0. The van der Waals surface area contributed by atoms with Gasteiger partial charge in [-0.05, 0) is 38.3 Å². The van der Waals surface area contributed by atoms with Crippen molar-refractivity contribution in [2.45, 2.75) is 38.6 Å². The Morgan fingerprint density at radius 1 is 1.57 bits per heavy atom. The van der Waals surface area contributed by atoms with Crippen LogP contribution in [-0.4, -0.2) is 30.6 Å². The van der Waals surface area contributed by atoms with Crippen LogP contribution >= 0.6 is 0 Å². The number of hydrogen-bond acceptors (Lipinski definition) is 2. The molecule has 1 aliphatic heterocycles. The molecule has 1 rings (SSSR count). The van der Waals surface area contributed by atoms with E-state index in [-0.39, 0.29) is 0 Å². The van der Waals surface area contributed by atoms with E-state index in [1.807, 2.05) is 6.08 Å². The summed E-state index contributed by atoms with van der Waals surface area (Å²) >= 11 is 0. The molecule has 14 heavy (non-hydrogen) atoms. The summed E-state index contributed by atoms with van der Waals surface area (Å²) in [6.45, 7) is 9.61. The van der Waals surface area contributed by atoms with E-state index in [2.05, 4.69) is 18.4 Å². The van der Waals surface area contributed by atoms with Crippen LogP contribution in [0.3, 0.4) is 0 Å². The van der Waals surface area contributed by atoms with Gasteiger partial charge in [-0.2, -0.15) is 0 Å². The van der Waals surface area contributed by atoms with E-state index in [0.717, 1.165) is 6.42 Å².